The highest BCUT2D eigenvalue weighted by molar-refractivity contribution is 6.05. The topological polar surface area (TPSA) is 82.5 Å². The Balaban J connectivity index is 1.46. The van der Waals surface area contributed by atoms with Gasteiger partial charge in [-0.3, -0.25) is 14.5 Å². The maximum Gasteiger partial charge on any atom is 0.262 e. The van der Waals surface area contributed by atoms with Crippen LogP contribution in [0.1, 0.15) is 40.5 Å². The molecule has 1 unspecified atom stereocenters. The molecular weight excluding hydrogens is 534 g/mol. The number of carbonyl (C=O) groups excluding carboxylic acids is 2. The first-order chi connectivity index (χ1) is 20.5. The van der Waals surface area contributed by atoms with Gasteiger partial charge in [0.15, 0.2) is 0 Å². The highest BCUT2D eigenvalue weighted by Crippen LogP contribution is 2.46. The van der Waals surface area contributed by atoms with Crippen LogP contribution in [0, 0.1) is 0 Å². The van der Waals surface area contributed by atoms with E-state index in [1.807, 2.05) is 60.8 Å². The van der Waals surface area contributed by atoms with Crippen LogP contribution in [0.2, 0.25) is 0 Å². The summed E-state index contributed by atoms with van der Waals surface area (Å²) in [5.41, 5.74) is 3.58. The quantitative estimate of drug-likeness (QED) is 0.275. The minimum Gasteiger partial charge on any atom is -0.497 e. The predicted molar refractivity (Wildman–Crippen MR) is 158 cm³/mol. The van der Waals surface area contributed by atoms with Crippen LogP contribution >= 0.6 is 0 Å². The molecule has 9 heteroatoms. The molecule has 2 aliphatic rings. The van der Waals surface area contributed by atoms with E-state index in [4.69, 9.17) is 18.9 Å². The molecule has 0 saturated heterocycles. The van der Waals surface area contributed by atoms with E-state index in [9.17, 15) is 9.59 Å². The van der Waals surface area contributed by atoms with Gasteiger partial charge in [0.1, 0.15) is 41.1 Å². The van der Waals surface area contributed by atoms with Gasteiger partial charge in [0.25, 0.3) is 5.91 Å². The lowest BCUT2D eigenvalue weighted by Gasteiger charge is -2.40. The fraction of sp³-hybridized carbons (Fsp3) is 0.273. The number of anilines is 1. The zero-order valence-corrected chi connectivity index (χ0v) is 24.1. The lowest BCUT2D eigenvalue weighted by Crippen LogP contribution is -2.47. The maximum absolute atomic E-state index is 14.6. The highest BCUT2D eigenvalue weighted by atomic mass is 16.5. The van der Waals surface area contributed by atoms with E-state index in [2.05, 4.69) is 4.57 Å². The Labute approximate surface area is 244 Å². The Bertz CT molecular complexity index is 1620. The molecule has 2 amide bonds. The lowest BCUT2D eigenvalue weighted by atomic mass is 9.96. The summed E-state index contributed by atoms with van der Waals surface area (Å²) in [4.78, 5) is 32.1. The molecule has 1 aliphatic carbocycles. The Morgan fingerprint density at radius 1 is 0.786 bits per heavy atom. The summed E-state index contributed by atoms with van der Waals surface area (Å²) >= 11 is 0. The fourth-order valence-electron chi connectivity index (χ4n) is 5.79. The normalized spacial score (nSPS) is 15.3. The van der Waals surface area contributed by atoms with Gasteiger partial charge < -0.3 is 28.4 Å². The second-order valence-corrected chi connectivity index (χ2v) is 10.3. The zero-order chi connectivity index (χ0) is 29.4. The predicted octanol–water partition coefficient (Wildman–Crippen LogP) is 5.25. The molecule has 1 aliphatic heterocycles. The van der Waals surface area contributed by atoms with E-state index in [1.54, 1.807) is 42.2 Å². The number of fused-ring (bicyclic) bond motifs is 3. The molecule has 1 fully saturated rings. The number of hydrogen-bond donors (Lipinski definition) is 0. The summed E-state index contributed by atoms with van der Waals surface area (Å²) in [6.07, 6.45) is 3.63. The standard InChI is InChI=1S/C33H33N3O6/c1-39-22-16-17-27(40-2)23(19-22)32-26-11-8-18-34(26)24-9-5-6-10-25(24)36(32)30(37)20-35(21-14-15-21)33(38)31-28(41-3)12-7-13-29(31)42-4/h5-13,16-19,21,32H,14-15,20H2,1-4H3. The van der Waals surface area contributed by atoms with Crippen LogP contribution in [-0.2, 0) is 4.79 Å². The summed E-state index contributed by atoms with van der Waals surface area (Å²) in [5.74, 6) is 1.55. The number of ether oxygens (including phenoxy) is 4. The van der Waals surface area contributed by atoms with Gasteiger partial charge in [-0.1, -0.05) is 18.2 Å². The summed E-state index contributed by atoms with van der Waals surface area (Å²) in [7, 11) is 6.26. The summed E-state index contributed by atoms with van der Waals surface area (Å²) in [6.45, 7) is -0.122. The summed E-state index contributed by atoms with van der Waals surface area (Å²) < 4.78 is 24.5. The van der Waals surface area contributed by atoms with E-state index in [0.717, 1.165) is 35.5 Å². The van der Waals surface area contributed by atoms with Gasteiger partial charge in [0, 0.05) is 17.8 Å². The van der Waals surface area contributed by atoms with E-state index in [-0.39, 0.29) is 24.4 Å². The van der Waals surface area contributed by atoms with E-state index in [1.165, 1.54) is 14.2 Å². The third kappa shape index (κ3) is 4.60. The van der Waals surface area contributed by atoms with Crippen LogP contribution in [0.25, 0.3) is 5.69 Å². The van der Waals surface area contributed by atoms with Crippen LogP contribution in [-0.4, -0.2) is 62.3 Å². The molecule has 4 aromatic rings. The number of nitrogens with zero attached hydrogens (tertiary/aromatic N) is 3. The van der Waals surface area contributed by atoms with Gasteiger partial charge in [-0.25, -0.2) is 0 Å². The molecule has 0 N–H and O–H groups in total. The van der Waals surface area contributed by atoms with Gasteiger partial charge >= 0.3 is 0 Å². The summed E-state index contributed by atoms with van der Waals surface area (Å²) in [5, 5.41) is 0. The Kier molecular flexibility index (Phi) is 7.24. The van der Waals surface area contributed by atoms with Crippen molar-refractivity contribution < 1.29 is 28.5 Å². The average Bonchev–Trinajstić information content (AvgIpc) is 3.76. The van der Waals surface area contributed by atoms with Crippen molar-refractivity contribution in [2.24, 2.45) is 0 Å². The monoisotopic (exact) mass is 567 g/mol. The molecule has 0 bridgehead atoms. The smallest absolute Gasteiger partial charge is 0.262 e. The number of para-hydroxylation sites is 2. The largest absolute Gasteiger partial charge is 0.497 e. The van der Waals surface area contributed by atoms with Gasteiger partial charge in [-0.15, -0.1) is 0 Å². The zero-order valence-electron chi connectivity index (χ0n) is 24.1. The second-order valence-electron chi connectivity index (χ2n) is 10.3. The van der Waals surface area contributed by atoms with Gasteiger partial charge in [-0.2, -0.15) is 0 Å². The molecule has 42 heavy (non-hydrogen) atoms. The van der Waals surface area contributed by atoms with Crippen molar-refractivity contribution in [1.82, 2.24) is 9.47 Å². The number of benzene rings is 3. The van der Waals surface area contributed by atoms with E-state index in [0.29, 0.717) is 28.6 Å². The van der Waals surface area contributed by atoms with Gasteiger partial charge in [-0.05, 0) is 67.4 Å². The Morgan fingerprint density at radius 2 is 1.48 bits per heavy atom. The molecule has 6 rings (SSSR count). The molecule has 9 nitrogen and oxygen atoms in total. The molecular formula is C33H33N3O6. The number of methoxy groups -OCH3 is 4. The maximum atomic E-state index is 14.6. The number of rotatable bonds is 9. The lowest BCUT2D eigenvalue weighted by molar-refractivity contribution is -0.119. The molecule has 1 saturated carbocycles. The van der Waals surface area contributed by atoms with Crippen molar-refractivity contribution in [3.8, 4) is 28.7 Å². The van der Waals surface area contributed by atoms with Crippen LogP contribution in [0.15, 0.2) is 79.0 Å². The molecule has 2 heterocycles. The van der Waals surface area contributed by atoms with Crippen LogP contribution in [0.3, 0.4) is 0 Å². The van der Waals surface area contributed by atoms with E-state index >= 15 is 0 Å². The Hall–Kier alpha value is -4.92. The van der Waals surface area contributed by atoms with Crippen molar-refractivity contribution >= 4 is 17.5 Å². The molecule has 3 aromatic carbocycles. The second kappa shape index (κ2) is 11.2. The van der Waals surface area contributed by atoms with E-state index < -0.39 is 6.04 Å². The third-order valence-electron chi connectivity index (χ3n) is 7.92. The van der Waals surface area contributed by atoms with Crippen LogP contribution < -0.4 is 23.8 Å². The van der Waals surface area contributed by atoms with Crippen molar-refractivity contribution in [3.63, 3.8) is 0 Å². The first kappa shape index (κ1) is 27.3. The fourth-order valence-corrected chi connectivity index (χ4v) is 5.79. The molecule has 1 atom stereocenters. The molecule has 0 spiro atoms. The average molecular weight is 568 g/mol. The molecule has 1 aromatic heterocycles. The van der Waals surface area contributed by atoms with Crippen molar-refractivity contribution in [2.45, 2.75) is 24.9 Å². The van der Waals surface area contributed by atoms with Gasteiger partial charge in [0.05, 0.1) is 45.5 Å². The van der Waals surface area contributed by atoms with Crippen LogP contribution in [0.4, 0.5) is 5.69 Å². The SMILES string of the molecule is COc1ccc(OC)c(C2c3cccn3-c3ccccc3N2C(=O)CN(C(=O)c2c(OC)cccc2OC)C2CC2)c1. The minimum atomic E-state index is -0.538. The third-order valence-corrected chi connectivity index (χ3v) is 7.92. The van der Waals surface area contributed by atoms with Gasteiger partial charge in [0.2, 0.25) is 5.91 Å². The molecule has 216 valence electrons. The van der Waals surface area contributed by atoms with Crippen molar-refractivity contribution in [2.75, 3.05) is 39.9 Å². The first-order valence-electron chi connectivity index (χ1n) is 13.8. The minimum absolute atomic E-state index is 0.0511. The Morgan fingerprint density at radius 3 is 2.12 bits per heavy atom. The molecule has 0 radical (unpaired) electrons. The van der Waals surface area contributed by atoms with Crippen molar-refractivity contribution in [1.29, 1.82) is 0 Å². The number of aromatic nitrogens is 1. The first-order valence-corrected chi connectivity index (χ1v) is 13.8. The number of hydrogen-bond acceptors (Lipinski definition) is 6. The summed E-state index contributed by atoms with van der Waals surface area (Å²) in [6, 6.07) is 22.0. The van der Waals surface area contributed by atoms with Crippen molar-refractivity contribution in [3.05, 3.63) is 95.8 Å². The highest BCUT2D eigenvalue weighted by Gasteiger charge is 2.42. The number of carbonyl (C=O) groups is 2. The number of amides is 2. The van der Waals surface area contributed by atoms with Crippen LogP contribution in [0.5, 0.6) is 23.0 Å².